The average molecular weight is 136 g/mol. The summed E-state index contributed by atoms with van der Waals surface area (Å²) in [4.78, 5) is 3.86. The molecule has 0 heterocycles. The van der Waals surface area contributed by atoms with Gasteiger partial charge in [-0.3, -0.25) is 0 Å². The Morgan fingerprint density at radius 3 is 2.38 bits per heavy atom. The quantitative estimate of drug-likeness (QED) is 0.232. The molecule has 0 saturated heterocycles. The molecule has 8 heavy (non-hydrogen) atoms. The largest absolute Gasteiger partial charge is 0.484 e. The van der Waals surface area contributed by atoms with E-state index < -0.39 is 0 Å². The highest BCUT2D eigenvalue weighted by Crippen LogP contribution is 1.94. The molecule has 3 heteroatoms. The van der Waals surface area contributed by atoms with Crippen LogP contribution in [0.2, 0.25) is 0 Å². The van der Waals surface area contributed by atoms with Crippen LogP contribution in [-0.4, -0.2) is 18.5 Å². The van der Waals surface area contributed by atoms with Crippen LogP contribution in [0.5, 0.6) is 0 Å². The van der Waals surface area contributed by atoms with Crippen molar-refractivity contribution < 1.29 is 4.74 Å². The summed E-state index contributed by atoms with van der Waals surface area (Å²) < 4.78 is 4.73. The van der Waals surface area contributed by atoms with Gasteiger partial charge in [-0.2, -0.15) is 0 Å². The van der Waals surface area contributed by atoms with Crippen LogP contribution in [0.25, 0.3) is 0 Å². The second kappa shape index (κ2) is 3.72. The third kappa shape index (κ3) is 3.93. The van der Waals surface area contributed by atoms with Crippen LogP contribution < -0.4 is 0 Å². The first-order chi connectivity index (χ1) is 3.66. The minimum Gasteiger partial charge on any atom is -0.484 e. The van der Waals surface area contributed by atoms with Crippen LogP contribution >= 0.6 is 11.6 Å². The molecule has 0 bridgehead atoms. The lowest BCUT2D eigenvalue weighted by Crippen LogP contribution is -1.97. The molecule has 0 N–H and O–H groups in total. The Kier molecular flexibility index (Phi) is 3.61. The molecule has 0 aliphatic heterocycles. The standard InChI is InChI=1S/C5H10ClNO/c1-4(6)7-5(2)8-3/h4H,1-3H3/b7-5+. The van der Waals surface area contributed by atoms with E-state index in [4.69, 9.17) is 16.3 Å². The molecule has 48 valence electrons. The maximum Gasteiger partial charge on any atom is 0.181 e. The highest BCUT2D eigenvalue weighted by molar-refractivity contribution is 6.20. The van der Waals surface area contributed by atoms with Crippen molar-refractivity contribution in [3.8, 4) is 0 Å². The van der Waals surface area contributed by atoms with Gasteiger partial charge in [0.05, 0.1) is 7.11 Å². The van der Waals surface area contributed by atoms with E-state index in [2.05, 4.69) is 4.99 Å². The summed E-state index contributed by atoms with van der Waals surface area (Å²) in [7, 11) is 1.57. The summed E-state index contributed by atoms with van der Waals surface area (Å²) >= 11 is 5.48. The number of nitrogens with zero attached hydrogens (tertiary/aromatic N) is 1. The Balaban J connectivity index is 3.56. The molecular formula is C5H10ClNO. The van der Waals surface area contributed by atoms with Crippen LogP contribution in [0.4, 0.5) is 0 Å². The molecule has 0 amide bonds. The highest BCUT2D eigenvalue weighted by Gasteiger charge is 1.90. The fourth-order valence-electron chi connectivity index (χ4n) is 0.303. The maximum atomic E-state index is 5.48. The lowest BCUT2D eigenvalue weighted by atomic mass is 10.7. The molecule has 0 spiro atoms. The van der Waals surface area contributed by atoms with Crippen molar-refractivity contribution in [2.45, 2.75) is 19.3 Å². The number of methoxy groups -OCH3 is 1. The van der Waals surface area contributed by atoms with Gasteiger partial charge in [-0.05, 0) is 6.92 Å². The van der Waals surface area contributed by atoms with E-state index in [0.717, 1.165) is 0 Å². The van der Waals surface area contributed by atoms with Crippen molar-refractivity contribution in [1.82, 2.24) is 0 Å². The number of halogens is 1. The van der Waals surface area contributed by atoms with Gasteiger partial charge in [-0.25, -0.2) is 4.99 Å². The van der Waals surface area contributed by atoms with E-state index in [1.165, 1.54) is 0 Å². The molecule has 0 fully saturated rings. The van der Waals surface area contributed by atoms with Gasteiger partial charge in [0.2, 0.25) is 0 Å². The van der Waals surface area contributed by atoms with E-state index >= 15 is 0 Å². The third-order valence-electron chi connectivity index (χ3n) is 0.655. The van der Waals surface area contributed by atoms with Crippen molar-refractivity contribution in [3.63, 3.8) is 0 Å². The molecular weight excluding hydrogens is 126 g/mol. The van der Waals surface area contributed by atoms with E-state index in [9.17, 15) is 0 Å². The molecule has 0 aliphatic rings. The first kappa shape index (κ1) is 7.76. The Bertz CT molecular complexity index is 90.4. The van der Waals surface area contributed by atoms with Gasteiger partial charge in [-0.1, -0.05) is 11.6 Å². The van der Waals surface area contributed by atoms with Crippen LogP contribution in [0.1, 0.15) is 13.8 Å². The molecule has 1 atom stereocenters. The van der Waals surface area contributed by atoms with Gasteiger partial charge >= 0.3 is 0 Å². The molecule has 0 aromatic rings. The van der Waals surface area contributed by atoms with Crippen LogP contribution in [0.15, 0.2) is 4.99 Å². The lowest BCUT2D eigenvalue weighted by Gasteiger charge is -1.97. The van der Waals surface area contributed by atoms with Gasteiger partial charge in [0.25, 0.3) is 0 Å². The number of hydrogen-bond donors (Lipinski definition) is 0. The van der Waals surface area contributed by atoms with E-state index in [1.54, 1.807) is 21.0 Å². The fourth-order valence-corrected chi connectivity index (χ4v) is 0.441. The van der Waals surface area contributed by atoms with Gasteiger partial charge in [0, 0.05) is 6.92 Å². The highest BCUT2D eigenvalue weighted by atomic mass is 35.5. The Labute approximate surface area is 54.5 Å². The van der Waals surface area contributed by atoms with Crippen molar-refractivity contribution >= 4 is 17.5 Å². The zero-order valence-electron chi connectivity index (χ0n) is 5.31. The molecule has 2 nitrogen and oxygen atoms in total. The number of hydrogen-bond acceptors (Lipinski definition) is 2. The molecule has 0 radical (unpaired) electrons. The minimum absolute atomic E-state index is 0.185. The smallest absolute Gasteiger partial charge is 0.181 e. The van der Waals surface area contributed by atoms with Crippen LogP contribution in [0.3, 0.4) is 0 Å². The second-order valence-electron chi connectivity index (χ2n) is 1.43. The zero-order valence-corrected chi connectivity index (χ0v) is 6.07. The van der Waals surface area contributed by atoms with Crippen molar-refractivity contribution in [3.05, 3.63) is 0 Å². The molecule has 0 saturated carbocycles. The minimum atomic E-state index is -0.185. The van der Waals surface area contributed by atoms with Gasteiger partial charge in [-0.15, -0.1) is 0 Å². The van der Waals surface area contributed by atoms with Crippen LogP contribution in [-0.2, 0) is 4.74 Å². The maximum absolute atomic E-state index is 5.48. The lowest BCUT2D eigenvalue weighted by molar-refractivity contribution is 0.397. The monoisotopic (exact) mass is 135 g/mol. The summed E-state index contributed by atoms with van der Waals surface area (Å²) in [5, 5.41) is 0. The summed E-state index contributed by atoms with van der Waals surface area (Å²) in [5.41, 5.74) is -0.185. The predicted octanol–water partition coefficient (Wildman–Crippen LogP) is 1.64. The van der Waals surface area contributed by atoms with E-state index in [1.807, 2.05) is 0 Å². The van der Waals surface area contributed by atoms with Crippen molar-refractivity contribution in [1.29, 1.82) is 0 Å². The van der Waals surface area contributed by atoms with Gasteiger partial charge in [0.15, 0.2) is 5.90 Å². The molecule has 0 aromatic carbocycles. The summed E-state index contributed by atoms with van der Waals surface area (Å²) in [6.07, 6.45) is 0. The van der Waals surface area contributed by atoms with E-state index in [-0.39, 0.29) is 5.50 Å². The molecule has 1 unspecified atom stereocenters. The fraction of sp³-hybridized carbons (Fsp3) is 0.800. The molecule has 0 aromatic heterocycles. The van der Waals surface area contributed by atoms with Crippen LogP contribution in [0, 0.1) is 0 Å². The average Bonchev–Trinajstić information content (AvgIpc) is 1.65. The third-order valence-corrected chi connectivity index (χ3v) is 0.753. The van der Waals surface area contributed by atoms with Crippen molar-refractivity contribution in [2.75, 3.05) is 7.11 Å². The van der Waals surface area contributed by atoms with Gasteiger partial charge < -0.3 is 4.74 Å². The first-order valence-electron chi connectivity index (χ1n) is 2.39. The SMILES string of the molecule is CO/C(C)=N/C(C)Cl. The summed E-state index contributed by atoms with van der Waals surface area (Å²) in [5.74, 6) is 0.618. The number of aliphatic imine (C=N–C) groups is 1. The number of alkyl halides is 1. The number of ether oxygens (including phenoxy) is 1. The number of rotatable bonds is 1. The first-order valence-corrected chi connectivity index (χ1v) is 2.83. The predicted molar refractivity (Wildman–Crippen MR) is 35.4 cm³/mol. The Morgan fingerprint density at radius 2 is 2.25 bits per heavy atom. The Hall–Kier alpha value is -0.240. The molecule has 0 aliphatic carbocycles. The topological polar surface area (TPSA) is 21.6 Å². The van der Waals surface area contributed by atoms with E-state index in [0.29, 0.717) is 5.90 Å². The molecule has 0 rings (SSSR count). The summed E-state index contributed by atoms with van der Waals surface area (Å²) in [6, 6.07) is 0. The Morgan fingerprint density at radius 1 is 1.75 bits per heavy atom. The van der Waals surface area contributed by atoms with Gasteiger partial charge in [0.1, 0.15) is 5.50 Å². The second-order valence-corrected chi connectivity index (χ2v) is 2.06. The summed E-state index contributed by atoms with van der Waals surface area (Å²) in [6.45, 7) is 3.54. The normalized spacial score (nSPS) is 15.8. The zero-order chi connectivity index (χ0) is 6.57. The van der Waals surface area contributed by atoms with Crippen molar-refractivity contribution in [2.24, 2.45) is 4.99 Å².